The lowest BCUT2D eigenvalue weighted by atomic mass is 10.1. The molecule has 0 aliphatic carbocycles. The molecule has 0 saturated carbocycles. The van der Waals surface area contributed by atoms with Gasteiger partial charge in [0.2, 0.25) is 5.95 Å². The molecule has 2 aromatic carbocycles. The van der Waals surface area contributed by atoms with Crippen molar-refractivity contribution in [1.29, 1.82) is 0 Å². The molecular formula is C29H32N6O3. The lowest BCUT2D eigenvalue weighted by Crippen LogP contribution is -2.26. The second-order valence-corrected chi connectivity index (χ2v) is 10.5. The van der Waals surface area contributed by atoms with E-state index in [1.807, 2.05) is 55.5 Å². The van der Waals surface area contributed by atoms with Gasteiger partial charge in [0, 0.05) is 47.8 Å². The van der Waals surface area contributed by atoms with E-state index in [1.54, 1.807) is 26.8 Å². The summed E-state index contributed by atoms with van der Waals surface area (Å²) in [6.07, 6.45) is 3.32. The van der Waals surface area contributed by atoms with Crippen LogP contribution >= 0.6 is 0 Å². The zero-order valence-corrected chi connectivity index (χ0v) is 22.1. The van der Waals surface area contributed by atoms with Crippen LogP contribution in [0.1, 0.15) is 49.7 Å². The molecule has 2 aromatic heterocycles. The molecule has 0 radical (unpaired) electrons. The SMILES string of the molecule is Cc1cc(Nc2ccc(NC(=O)c3cn(C(=O)OC(C)(C)C)c4ccccc34)cc2)nc(N2CCCC2)n1. The number of anilines is 4. The number of nitrogens with one attached hydrogen (secondary N) is 2. The van der Waals surface area contributed by atoms with Crippen molar-refractivity contribution in [3.05, 3.63) is 72.1 Å². The number of benzene rings is 2. The predicted octanol–water partition coefficient (Wildman–Crippen LogP) is 6.12. The summed E-state index contributed by atoms with van der Waals surface area (Å²) in [6, 6.07) is 16.6. The molecule has 1 fully saturated rings. The van der Waals surface area contributed by atoms with Crippen LogP contribution in [0.5, 0.6) is 0 Å². The minimum atomic E-state index is -0.652. The van der Waals surface area contributed by atoms with Crippen LogP contribution in [0, 0.1) is 6.92 Å². The quantitative estimate of drug-likeness (QED) is 0.332. The number of ether oxygens (including phenoxy) is 1. The number of rotatable bonds is 5. The van der Waals surface area contributed by atoms with Crippen molar-refractivity contribution in [2.45, 2.75) is 46.1 Å². The van der Waals surface area contributed by atoms with Crippen molar-refractivity contribution in [3.63, 3.8) is 0 Å². The highest BCUT2D eigenvalue weighted by molar-refractivity contribution is 6.14. The van der Waals surface area contributed by atoms with Crippen LogP contribution < -0.4 is 15.5 Å². The van der Waals surface area contributed by atoms with E-state index in [0.717, 1.165) is 49.1 Å². The van der Waals surface area contributed by atoms with Gasteiger partial charge in [-0.05, 0) is 70.9 Å². The van der Waals surface area contributed by atoms with E-state index < -0.39 is 11.7 Å². The van der Waals surface area contributed by atoms with Gasteiger partial charge in [-0.2, -0.15) is 4.98 Å². The monoisotopic (exact) mass is 512 g/mol. The topological polar surface area (TPSA) is 101 Å². The fourth-order valence-electron chi connectivity index (χ4n) is 4.48. The van der Waals surface area contributed by atoms with Crippen molar-refractivity contribution >= 4 is 46.0 Å². The third-order valence-electron chi connectivity index (χ3n) is 6.19. The first-order valence-corrected chi connectivity index (χ1v) is 12.8. The number of carbonyl (C=O) groups excluding carboxylic acids is 2. The number of fused-ring (bicyclic) bond motifs is 1. The molecular weight excluding hydrogens is 480 g/mol. The Morgan fingerprint density at radius 2 is 1.63 bits per heavy atom. The largest absolute Gasteiger partial charge is 0.443 e. The maximum atomic E-state index is 13.2. The van der Waals surface area contributed by atoms with Crippen LogP contribution in [0.2, 0.25) is 0 Å². The predicted molar refractivity (Wildman–Crippen MR) is 149 cm³/mol. The van der Waals surface area contributed by atoms with Crippen LogP contribution in [0.3, 0.4) is 0 Å². The molecule has 9 nitrogen and oxygen atoms in total. The van der Waals surface area contributed by atoms with Crippen LogP contribution in [-0.4, -0.2) is 45.2 Å². The van der Waals surface area contributed by atoms with Crippen LogP contribution in [0.25, 0.3) is 10.9 Å². The van der Waals surface area contributed by atoms with Gasteiger partial charge in [0.15, 0.2) is 0 Å². The average Bonchev–Trinajstić information content (AvgIpc) is 3.53. The normalized spacial score (nSPS) is 13.5. The van der Waals surface area contributed by atoms with E-state index in [9.17, 15) is 9.59 Å². The number of nitrogens with zero attached hydrogens (tertiary/aromatic N) is 4. The van der Waals surface area contributed by atoms with E-state index in [4.69, 9.17) is 4.74 Å². The second-order valence-electron chi connectivity index (χ2n) is 10.5. The number of carbonyl (C=O) groups is 2. The van der Waals surface area contributed by atoms with Gasteiger partial charge in [-0.3, -0.25) is 9.36 Å². The minimum absolute atomic E-state index is 0.314. The Hall–Kier alpha value is -4.40. The molecule has 1 aliphatic rings. The fraction of sp³-hybridized carbons (Fsp3) is 0.310. The second kappa shape index (κ2) is 10.2. The summed E-state index contributed by atoms with van der Waals surface area (Å²) in [7, 11) is 0. The van der Waals surface area contributed by atoms with Gasteiger partial charge in [-0.1, -0.05) is 18.2 Å². The number of aromatic nitrogens is 3. The van der Waals surface area contributed by atoms with Crippen LogP contribution in [0.15, 0.2) is 60.8 Å². The summed E-state index contributed by atoms with van der Waals surface area (Å²) in [4.78, 5) is 37.4. The Labute approximate surface area is 221 Å². The molecule has 38 heavy (non-hydrogen) atoms. The molecule has 1 amide bonds. The van der Waals surface area contributed by atoms with Gasteiger partial charge in [-0.15, -0.1) is 0 Å². The standard InChI is InChI=1S/C29H32N6O3/c1-19-17-25(33-27(30-19)34-15-7-8-16-34)31-20-11-13-21(14-12-20)32-26(36)23-18-35(28(37)38-29(2,3)4)24-10-6-5-9-22(23)24/h5-6,9-14,17-18H,7-8,15-16H2,1-4H3,(H,32,36)(H,30,31,33). The van der Waals surface area contributed by atoms with Gasteiger partial charge in [-0.25, -0.2) is 9.78 Å². The number of hydrogen-bond donors (Lipinski definition) is 2. The minimum Gasteiger partial charge on any atom is -0.443 e. The Balaban J connectivity index is 1.31. The van der Waals surface area contributed by atoms with Crippen molar-refractivity contribution in [2.24, 2.45) is 0 Å². The van der Waals surface area contributed by atoms with Gasteiger partial charge in [0.1, 0.15) is 11.4 Å². The lowest BCUT2D eigenvalue weighted by Gasteiger charge is -2.19. The average molecular weight is 513 g/mol. The first-order chi connectivity index (χ1) is 18.2. The smallest absolute Gasteiger partial charge is 0.419 e. The number of para-hydroxylation sites is 1. The van der Waals surface area contributed by atoms with Crippen LogP contribution in [-0.2, 0) is 4.74 Å². The fourth-order valence-corrected chi connectivity index (χ4v) is 4.48. The Bertz CT molecular complexity index is 1480. The van der Waals surface area contributed by atoms with E-state index in [-0.39, 0.29) is 5.91 Å². The van der Waals surface area contributed by atoms with Gasteiger partial charge in [0.05, 0.1) is 11.1 Å². The molecule has 0 bridgehead atoms. The third-order valence-corrected chi connectivity index (χ3v) is 6.19. The highest BCUT2D eigenvalue weighted by Gasteiger charge is 2.23. The third kappa shape index (κ3) is 5.61. The van der Waals surface area contributed by atoms with Gasteiger partial charge < -0.3 is 20.3 Å². The zero-order valence-electron chi connectivity index (χ0n) is 22.1. The molecule has 1 aliphatic heterocycles. The Morgan fingerprint density at radius 1 is 0.947 bits per heavy atom. The van der Waals surface area contributed by atoms with E-state index in [2.05, 4.69) is 25.5 Å². The van der Waals surface area contributed by atoms with Crippen molar-refractivity contribution in [2.75, 3.05) is 28.6 Å². The van der Waals surface area contributed by atoms with E-state index in [0.29, 0.717) is 22.2 Å². The lowest BCUT2D eigenvalue weighted by molar-refractivity contribution is 0.0544. The molecule has 9 heteroatoms. The summed E-state index contributed by atoms with van der Waals surface area (Å²) in [5.74, 6) is 1.16. The highest BCUT2D eigenvalue weighted by Crippen LogP contribution is 2.25. The maximum Gasteiger partial charge on any atom is 0.419 e. The zero-order chi connectivity index (χ0) is 26.9. The molecule has 0 spiro atoms. The van der Waals surface area contributed by atoms with Crippen molar-refractivity contribution < 1.29 is 14.3 Å². The summed E-state index contributed by atoms with van der Waals surface area (Å²) in [6.45, 7) is 9.34. The molecule has 5 rings (SSSR count). The molecule has 4 aromatic rings. The number of aryl methyl sites for hydroxylation is 1. The number of amides is 1. The molecule has 196 valence electrons. The molecule has 3 heterocycles. The molecule has 1 saturated heterocycles. The summed E-state index contributed by atoms with van der Waals surface area (Å²) < 4.78 is 6.90. The molecule has 0 unspecified atom stereocenters. The molecule has 2 N–H and O–H groups in total. The van der Waals surface area contributed by atoms with Crippen molar-refractivity contribution in [3.8, 4) is 0 Å². The Kier molecular flexibility index (Phi) is 6.75. The Morgan fingerprint density at radius 3 is 2.34 bits per heavy atom. The van der Waals surface area contributed by atoms with E-state index >= 15 is 0 Å². The van der Waals surface area contributed by atoms with Gasteiger partial charge in [0.25, 0.3) is 5.91 Å². The first-order valence-electron chi connectivity index (χ1n) is 12.8. The summed E-state index contributed by atoms with van der Waals surface area (Å²) in [5.41, 5.74) is 2.72. The first kappa shape index (κ1) is 25.3. The van der Waals surface area contributed by atoms with Gasteiger partial charge >= 0.3 is 6.09 Å². The summed E-state index contributed by atoms with van der Waals surface area (Å²) >= 11 is 0. The molecule has 0 atom stereocenters. The van der Waals surface area contributed by atoms with Crippen molar-refractivity contribution in [1.82, 2.24) is 14.5 Å². The highest BCUT2D eigenvalue weighted by atomic mass is 16.6. The van der Waals surface area contributed by atoms with E-state index in [1.165, 1.54) is 10.8 Å². The van der Waals surface area contributed by atoms with Crippen LogP contribution in [0.4, 0.5) is 27.9 Å². The maximum absolute atomic E-state index is 13.2. The summed E-state index contributed by atoms with van der Waals surface area (Å²) in [5, 5.41) is 6.94. The number of hydrogen-bond acceptors (Lipinski definition) is 7.